The van der Waals surface area contributed by atoms with E-state index < -0.39 is 0 Å². The summed E-state index contributed by atoms with van der Waals surface area (Å²) >= 11 is 0. The minimum atomic E-state index is -0.323. The molecule has 18 heavy (non-hydrogen) atoms. The Balaban J connectivity index is 2.47. The highest BCUT2D eigenvalue weighted by Gasteiger charge is 2.41. The molecule has 2 heterocycles. The van der Waals surface area contributed by atoms with Gasteiger partial charge in [0.1, 0.15) is 5.60 Å². The normalized spacial score (nSPS) is 20.8. The summed E-state index contributed by atoms with van der Waals surface area (Å²) in [6, 6.07) is 7.69. The number of aromatic nitrogens is 1. The lowest BCUT2D eigenvalue weighted by molar-refractivity contribution is 0.107. The summed E-state index contributed by atoms with van der Waals surface area (Å²) in [7, 11) is 1.95. The Morgan fingerprint density at radius 3 is 2.67 bits per heavy atom. The summed E-state index contributed by atoms with van der Waals surface area (Å²) < 4.78 is 7.97. The average molecular weight is 243 g/mol. The Bertz CT molecular complexity index is 697. The van der Waals surface area contributed by atoms with Gasteiger partial charge in [0.2, 0.25) is 5.88 Å². The van der Waals surface area contributed by atoms with Crippen LogP contribution in [0.4, 0.5) is 0 Å². The zero-order valence-corrected chi connectivity index (χ0v) is 11.2. The summed E-state index contributed by atoms with van der Waals surface area (Å²) in [5.74, 6) is 0.826. The molecule has 0 N–H and O–H groups in total. The van der Waals surface area contributed by atoms with Crippen molar-refractivity contribution in [2.45, 2.75) is 32.3 Å². The highest BCUT2D eigenvalue weighted by molar-refractivity contribution is 5.81. The first-order chi connectivity index (χ1) is 8.43. The molecule has 0 saturated carbocycles. The lowest BCUT2D eigenvalue weighted by Gasteiger charge is -2.22. The molecule has 1 aliphatic heterocycles. The second-order valence-electron chi connectivity index (χ2n) is 5.55. The molecule has 1 aromatic carbocycles. The van der Waals surface area contributed by atoms with Gasteiger partial charge in [-0.2, -0.15) is 0 Å². The number of aryl methyl sites for hydroxylation is 1. The molecule has 94 valence electrons. The van der Waals surface area contributed by atoms with E-state index in [0.717, 1.165) is 22.3 Å². The van der Waals surface area contributed by atoms with Crippen molar-refractivity contribution >= 4 is 10.9 Å². The van der Waals surface area contributed by atoms with Gasteiger partial charge in [0, 0.05) is 18.4 Å². The zero-order valence-electron chi connectivity index (χ0n) is 11.2. The van der Waals surface area contributed by atoms with Crippen molar-refractivity contribution in [3.8, 4) is 5.88 Å². The quantitative estimate of drug-likeness (QED) is 0.712. The van der Waals surface area contributed by atoms with Gasteiger partial charge in [-0.05, 0) is 26.0 Å². The van der Waals surface area contributed by atoms with Crippen molar-refractivity contribution in [1.29, 1.82) is 0 Å². The minimum Gasteiger partial charge on any atom is -0.472 e. The average Bonchev–Trinajstić information content (AvgIpc) is 2.58. The van der Waals surface area contributed by atoms with Crippen molar-refractivity contribution in [2.24, 2.45) is 7.05 Å². The van der Waals surface area contributed by atoms with Crippen LogP contribution in [0.5, 0.6) is 5.88 Å². The first-order valence-electron chi connectivity index (χ1n) is 6.24. The fraction of sp³-hybridized carbons (Fsp3) is 0.400. The summed E-state index contributed by atoms with van der Waals surface area (Å²) in [6.45, 7) is 6.12. The second kappa shape index (κ2) is 3.37. The first-order valence-corrected chi connectivity index (χ1v) is 6.24. The Kier molecular flexibility index (Phi) is 2.12. The maximum absolute atomic E-state index is 12.6. The van der Waals surface area contributed by atoms with Crippen LogP contribution in [0.1, 0.15) is 32.3 Å². The Labute approximate surface area is 106 Å². The van der Waals surface area contributed by atoms with Crippen LogP contribution in [0.25, 0.3) is 10.9 Å². The molecule has 2 aromatic rings. The van der Waals surface area contributed by atoms with Gasteiger partial charge in [-0.3, -0.25) is 4.79 Å². The molecule has 1 aromatic heterocycles. The van der Waals surface area contributed by atoms with Gasteiger partial charge in [-0.25, -0.2) is 0 Å². The van der Waals surface area contributed by atoms with Crippen LogP contribution in [0.15, 0.2) is 29.1 Å². The number of pyridine rings is 1. The third-order valence-corrected chi connectivity index (χ3v) is 4.13. The molecule has 3 rings (SSSR count). The molecule has 0 radical (unpaired) electrons. The minimum absolute atomic E-state index is 0.107. The SMILES string of the molecule is CC1c2c(n(C)c3ccccc3c2=O)OC1(C)C. The monoisotopic (exact) mass is 243 g/mol. The number of fused-ring (bicyclic) bond motifs is 2. The van der Waals surface area contributed by atoms with Gasteiger partial charge < -0.3 is 9.30 Å². The second-order valence-corrected chi connectivity index (χ2v) is 5.55. The predicted octanol–water partition coefficient (Wildman–Crippen LogP) is 2.81. The molecule has 1 atom stereocenters. The Hall–Kier alpha value is -1.77. The van der Waals surface area contributed by atoms with Gasteiger partial charge in [-0.15, -0.1) is 0 Å². The van der Waals surface area contributed by atoms with Crippen LogP contribution >= 0.6 is 0 Å². The van der Waals surface area contributed by atoms with Crippen LogP contribution in [0.3, 0.4) is 0 Å². The molecule has 0 spiro atoms. The van der Waals surface area contributed by atoms with E-state index >= 15 is 0 Å². The maximum atomic E-state index is 12.6. The van der Waals surface area contributed by atoms with Gasteiger partial charge in [-0.1, -0.05) is 19.1 Å². The highest BCUT2D eigenvalue weighted by Crippen LogP contribution is 2.43. The van der Waals surface area contributed by atoms with E-state index in [9.17, 15) is 4.79 Å². The van der Waals surface area contributed by atoms with Crippen LogP contribution in [-0.2, 0) is 7.05 Å². The number of hydrogen-bond acceptors (Lipinski definition) is 2. The molecule has 0 bridgehead atoms. The number of benzene rings is 1. The van der Waals surface area contributed by atoms with Crippen molar-refractivity contribution in [1.82, 2.24) is 4.57 Å². The van der Waals surface area contributed by atoms with Crippen LogP contribution in [0.2, 0.25) is 0 Å². The molecular weight excluding hydrogens is 226 g/mol. The Morgan fingerprint density at radius 2 is 1.94 bits per heavy atom. The van der Waals surface area contributed by atoms with Gasteiger partial charge in [0.25, 0.3) is 0 Å². The summed E-state index contributed by atoms with van der Waals surface area (Å²) in [6.07, 6.45) is 0. The molecule has 3 heteroatoms. The molecule has 1 aliphatic rings. The first kappa shape index (κ1) is 11.3. The van der Waals surface area contributed by atoms with Gasteiger partial charge in [0.05, 0.1) is 11.1 Å². The molecule has 0 aliphatic carbocycles. The molecule has 0 amide bonds. The predicted molar refractivity (Wildman–Crippen MR) is 72.3 cm³/mol. The van der Waals surface area contributed by atoms with Gasteiger partial charge >= 0.3 is 0 Å². The standard InChI is InChI=1S/C15H17NO2/c1-9-12-13(17)10-7-5-6-8-11(10)16(4)14(12)18-15(9,2)3/h5-9H,1-4H3. The van der Waals surface area contributed by atoms with Crippen LogP contribution in [0, 0.1) is 0 Å². The van der Waals surface area contributed by atoms with E-state index in [1.807, 2.05) is 49.7 Å². The summed E-state index contributed by atoms with van der Waals surface area (Å²) in [4.78, 5) is 12.6. The van der Waals surface area contributed by atoms with E-state index in [1.54, 1.807) is 0 Å². The van der Waals surface area contributed by atoms with Crippen molar-refractivity contribution < 1.29 is 4.74 Å². The van der Waals surface area contributed by atoms with Crippen molar-refractivity contribution in [2.75, 3.05) is 0 Å². The fourth-order valence-corrected chi connectivity index (χ4v) is 2.68. The number of ether oxygens (including phenoxy) is 1. The Morgan fingerprint density at radius 1 is 1.28 bits per heavy atom. The third-order valence-electron chi connectivity index (χ3n) is 4.13. The number of hydrogen-bond donors (Lipinski definition) is 0. The molecule has 0 fully saturated rings. The lowest BCUT2D eigenvalue weighted by Crippen LogP contribution is -2.29. The molecule has 1 unspecified atom stereocenters. The number of rotatable bonds is 0. The molecule has 3 nitrogen and oxygen atoms in total. The maximum Gasteiger partial charge on any atom is 0.201 e. The van der Waals surface area contributed by atoms with E-state index in [2.05, 4.69) is 6.92 Å². The fourth-order valence-electron chi connectivity index (χ4n) is 2.68. The van der Waals surface area contributed by atoms with Crippen molar-refractivity contribution in [3.63, 3.8) is 0 Å². The zero-order chi connectivity index (χ0) is 13.1. The number of para-hydroxylation sites is 1. The summed E-state index contributed by atoms with van der Waals surface area (Å²) in [5.41, 5.74) is 1.51. The van der Waals surface area contributed by atoms with Crippen LogP contribution < -0.4 is 10.2 Å². The largest absolute Gasteiger partial charge is 0.472 e. The third kappa shape index (κ3) is 1.27. The lowest BCUT2D eigenvalue weighted by atomic mass is 9.88. The number of nitrogens with zero attached hydrogens (tertiary/aromatic N) is 1. The molecule has 0 saturated heterocycles. The smallest absolute Gasteiger partial charge is 0.201 e. The highest BCUT2D eigenvalue weighted by atomic mass is 16.5. The van der Waals surface area contributed by atoms with E-state index in [0.29, 0.717) is 0 Å². The van der Waals surface area contributed by atoms with Crippen molar-refractivity contribution in [3.05, 3.63) is 40.1 Å². The topological polar surface area (TPSA) is 31.2 Å². The van der Waals surface area contributed by atoms with E-state index in [1.165, 1.54) is 0 Å². The van der Waals surface area contributed by atoms with Crippen LogP contribution in [-0.4, -0.2) is 10.2 Å². The van der Waals surface area contributed by atoms with E-state index in [-0.39, 0.29) is 16.9 Å². The van der Waals surface area contributed by atoms with E-state index in [4.69, 9.17) is 4.74 Å². The van der Waals surface area contributed by atoms with Gasteiger partial charge in [0.15, 0.2) is 5.43 Å². The molecular formula is C15H17NO2. The summed E-state index contributed by atoms with van der Waals surface area (Å²) in [5, 5.41) is 0.770.